The van der Waals surface area contributed by atoms with Gasteiger partial charge in [-0.05, 0) is 19.1 Å². The fourth-order valence-corrected chi connectivity index (χ4v) is 1.48. The van der Waals surface area contributed by atoms with E-state index in [4.69, 9.17) is 15.1 Å². The first-order valence-electron chi connectivity index (χ1n) is 5.44. The lowest BCUT2D eigenvalue weighted by atomic mass is 10.2. The number of pyridine rings is 1. The Hall–Kier alpha value is -2.13. The van der Waals surface area contributed by atoms with Gasteiger partial charge in [-0.15, -0.1) is 0 Å². The smallest absolute Gasteiger partial charge is 0.326 e. The molecule has 0 aliphatic heterocycles. The van der Waals surface area contributed by atoms with Crippen molar-refractivity contribution in [3.05, 3.63) is 23.4 Å². The third kappa shape index (κ3) is 4.03. The van der Waals surface area contributed by atoms with Crippen LogP contribution in [0.1, 0.15) is 17.7 Å². The van der Waals surface area contributed by atoms with E-state index in [1.54, 1.807) is 13.0 Å². The van der Waals surface area contributed by atoms with Crippen molar-refractivity contribution in [1.82, 2.24) is 4.98 Å². The largest absolute Gasteiger partial charge is 0.480 e. The van der Waals surface area contributed by atoms with Crippen molar-refractivity contribution in [3.8, 4) is 6.07 Å². The van der Waals surface area contributed by atoms with E-state index in [1.165, 1.54) is 13.2 Å². The van der Waals surface area contributed by atoms with E-state index in [-0.39, 0.29) is 0 Å². The zero-order chi connectivity index (χ0) is 13.5. The van der Waals surface area contributed by atoms with Gasteiger partial charge in [-0.1, -0.05) is 0 Å². The van der Waals surface area contributed by atoms with Crippen LogP contribution in [-0.4, -0.2) is 35.8 Å². The van der Waals surface area contributed by atoms with Gasteiger partial charge in [0.25, 0.3) is 0 Å². The van der Waals surface area contributed by atoms with E-state index in [1.807, 2.05) is 6.07 Å². The molecule has 0 aromatic carbocycles. The molecule has 1 heterocycles. The minimum Gasteiger partial charge on any atom is -0.480 e. The van der Waals surface area contributed by atoms with Gasteiger partial charge in [-0.2, -0.15) is 5.26 Å². The number of aromatic nitrogens is 1. The molecule has 0 saturated carbocycles. The molecule has 2 N–H and O–H groups in total. The summed E-state index contributed by atoms with van der Waals surface area (Å²) in [7, 11) is 1.51. The van der Waals surface area contributed by atoms with Crippen LogP contribution in [0.25, 0.3) is 0 Å². The Bertz CT molecular complexity index is 468. The molecule has 1 aromatic heterocycles. The molecule has 0 bridgehead atoms. The average molecular weight is 249 g/mol. The Morgan fingerprint density at radius 1 is 1.67 bits per heavy atom. The van der Waals surface area contributed by atoms with Crippen molar-refractivity contribution in [2.45, 2.75) is 19.4 Å². The zero-order valence-electron chi connectivity index (χ0n) is 10.3. The molecular formula is C12H15N3O3. The van der Waals surface area contributed by atoms with Crippen molar-refractivity contribution in [2.24, 2.45) is 0 Å². The fraction of sp³-hybridized carbons (Fsp3) is 0.417. The van der Waals surface area contributed by atoms with E-state index < -0.39 is 12.0 Å². The normalized spacial score (nSPS) is 11.6. The van der Waals surface area contributed by atoms with Gasteiger partial charge in [0.15, 0.2) is 0 Å². The third-order valence-electron chi connectivity index (χ3n) is 2.31. The van der Waals surface area contributed by atoms with Gasteiger partial charge in [0.2, 0.25) is 0 Å². The number of aliphatic carboxylic acids is 1. The molecule has 1 rings (SSSR count). The molecule has 0 aliphatic carbocycles. The maximum absolute atomic E-state index is 11.0. The van der Waals surface area contributed by atoms with E-state index in [0.717, 1.165) is 0 Å². The summed E-state index contributed by atoms with van der Waals surface area (Å²) < 4.78 is 4.85. The molecule has 0 aliphatic rings. The number of nitriles is 1. The maximum atomic E-state index is 11.0. The summed E-state index contributed by atoms with van der Waals surface area (Å²) in [6, 6.07) is 4.37. The summed E-state index contributed by atoms with van der Waals surface area (Å²) in [6.45, 7) is 2.08. The number of anilines is 1. The highest BCUT2D eigenvalue weighted by Crippen LogP contribution is 2.11. The zero-order valence-corrected chi connectivity index (χ0v) is 10.3. The number of rotatable bonds is 6. The van der Waals surface area contributed by atoms with Gasteiger partial charge in [0.05, 0.1) is 11.6 Å². The van der Waals surface area contributed by atoms with Gasteiger partial charge < -0.3 is 15.2 Å². The molecular weight excluding hydrogens is 234 g/mol. The van der Waals surface area contributed by atoms with Gasteiger partial charge in [-0.3, -0.25) is 0 Å². The number of methoxy groups -OCH3 is 1. The first-order chi connectivity index (χ1) is 8.56. The van der Waals surface area contributed by atoms with Crippen LogP contribution in [0.2, 0.25) is 0 Å². The number of hydrogen-bond donors (Lipinski definition) is 2. The highest BCUT2D eigenvalue weighted by atomic mass is 16.5. The fourth-order valence-electron chi connectivity index (χ4n) is 1.48. The van der Waals surface area contributed by atoms with Crippen molar-refractivity contribution in [1.29, 1.82) is 5.26 Å². The molecule has 0 radical (unpaired) electrons. The van der Waals surface area contributed by atoms with Crippen molar-refractivity contribution in [2.75, 3.05) is 19.0 Å². The van der Waals surface area contributed by atoms with Crippen LogP contribution < -0.4 is 5.32 Å². The first-order valence-corrected chi connectivity index (χ1v) is 5.44. The second-order valence-electron chi connectivity index (χ2n) is 3.81. The predicted octanol–water partition coefficient (Wildman–Crippen LogP) is 1.16. The Kier molecular flexibility index (Phi) is 5.08. The molecule has 18 heavy (non-hydrogen) atoms. The van der Waals surface area contributed by atoms with E-state index in [0.29, 0.717) is 30.1 Å². The maximum Gasteiger partial charge on any atom is 0.326 e. The van der Waals surface area contributed by atoms with Crippen LogP contribution in [-0.2, 0) is 9.53 Å². The van der Waals surface area contributed by atoms with Crippen LogP contribution >= 0.6 is 0 Å². The number of ether oxygens (including phenoxy) is 1. The highest BCUT2D eigenvalue weighted by Gasteiger charge is 2.17. The SMILES string of the molecule is COCCC(Nc1cc(C#N)cc(C)n1)C(=O)O. The summed E-state index contributed by atoms with van der Waals surface area (Å²) in [5.41, 5.74) is 1.10. The Labute approximate surface area is 105 Å². The summed E-state index contributed by atoms with van der Waals surface area (Å²) in [5.74, 6) is -0.594. The molecule has 6 nitrogen and oxygen atoms in total. The topological polar surface area (TPSA) is 95.2 Å². The first kappa shape index (κ1) is 13.9. The van der Waals surface area contributed by atoms with Crippen molar-refractivity contribution < 1.29 is 14.6 Å². The summed E-state index contributed by atoms with van der Waals surface area (Å²) in [5, 5.41) is 20.7. The highest BCUT2D eigenvalue weighted by molar-refractivity contribution is 5.76. The Balaban J connectivity index is 2.83. The Morgan fingerprint density at radius 2 is 2.39 bits per heavy atom. The standard InChI is InChI=1S/C12H15N3O3/c1-8-5-9(7-13)6-11(14-8)15-10(12(16)17)3-4-18-2/h5-6,10H,3-4H2,1-2H3,(H,14,15)(H,16,17). The minimum atomic E-state index is -0.978. The predicted molar refractivity (Wildman–Crippen MR) is 65.2 cm³/mol. The molecule has 1 unspecified atom stereocenters. The van der Waals surface area contributed by atoms with E-state index in [9.17, 15) is 4.79 Å². The molecule has 0 saturated heterocycles. The number of nitrogens with zero attached hydrogens (tertiary/aromatic N) is 2. The van der Waals surface area contributed by atoms with Gasteiger partial charge >= 0.3 is 5.97 Å². The summed E-state index contributed by atoms with van der Waals surface area (Å²) in [4.78, 5) is 15.2. The van der Waals surface area contributed by atoms with Crippen molar-refractivity contribution >= 4 is 11.8 Å². The van der Waals surface area contributed by atoms with E-state index in [2.05, 4.69) is 10.3 Å². The number of hydrogen-bond acceptors (Lipinski definition) is 5. The monoisotopic (exact) mass is 249 g/mol. The van der Waals surface area contributed by atoms with Crippen molar-refractivity contribution in [3.63, 3.8) is 0 Å². The van der Waals surface area contributed by atoms with E-state index >= 15 is 0 Å². The number of carboxylic acids is 1. The number of aryl methyl sites for hydroxylation is 1. The molecule has 1 atom stereocenters. The second-order valence-corrected chi connectivity index (χ2v) is 3.81. The molecule has 0 fully saturated rings. The van der Waals surface area contributed by atoms with Crippen LogP contribution in [0, 0.1) is 18.3 Å². The second kappa shape index (κ2) is 6.57. The average Bonchev–Trinajstić information content (AvgIpc) is 2.33. The lowest BCUT2D eigenvalue weighted by Crippen LogP contribution is -2.31. The lowest BCUT2D eigenvalue weighted by Gasteiger charge is -2.15. The summed E-state index contributed by atoms with van der Waals surface area (Å²) >= 11 is 0. The summed E-state index contributed by atoms with van der Waals surface area (Å²) in [6.07, 6.45) is 0.323. The molecule has 6 heteroatoms. The van der Waals surface area contributed by atoms with Crippen LogP contribution in [0.4, 0.5) is 5.82 Å². The Morgan fingerprint density at radius 3 is 2.94 bits per heavy atom. The number of carbonyl (C=O) groups is 1. The number of carboxylic acid groups (broad SMARTS) is 1. The molecule has 0 spiro atoms. The van der Waals surface area contributed by atoms with Crippen LogP contribution in [0.5, 0.6) is 0 Å². The quantitative estimate of drug-likeness (QED) is 0.785. The number of nitrogens with one attached hydrogen (secondary N) is 1. The van der Waals surface area contributed by atoms with Gasteiger partial charge in [0, 0.05) is 25.8 Å². The molecule has 96 valence electrons. The minimum absolute atomic E-state index is 0.323. The van der Waals surface area contributed by atoms with Gasteiger partial charge in [-0.25, -0.2) is 9.78 Å². The van der Waals surface area contributed by atoms with Gasteiger partial charge in [0.1, 0.15) is 11.9 Å². The van der Waals surface area contributed by atoms with Crippen LogP contribution in [0.15, 0.2) is 12.1 Å². The third-order valence-corrected chi connectivity index (χ3v) is 2.31. The van der Waals surface area contributed by atoms with Crippen LogP contribution in [0.3, 0.4) is 0 Å². The molecule has 1 aromatic rings. The lowest BCUT2D eigenvalue weighted by molar-refractivity contribution is -0.138. The molecule has 0 amide bonds.